The van der Waals surface area contributed by atoms with Gasteiger partial charge in [0.2, 0.25) is 0 Å². The number of nitrogens with zero attached hydrogens (tertiary/aromatic N) is 1. The van der Waals surface area contributed by atoms with Gasteiger partial charge in [-0.1, -0.05) is 19.1 Å². The molecule has 2 aliphatic carbocycles. The summed E-state index contributed by atoms with van der Waals surface area (Å²) in [6.07, 6.45) is 7.68. The van der Waals surface area contributed by atoms with Gasteiger partial charge in [-0.2, -0.15) is 0 Å². The van der Waals surface area contributed by atoms with E-state index in [4.69, 9.17) is 9.47 Å². The van der Waals surface area contributed by atoms with Crippen molar-refractivity contribution in [3.05, 3.63) is 12.2 Å². The number of fused-ring (bicyclic) bond motifs is 3. The van der Waals surface area contributed by atoms with Crippen LogP contribution in [0.15, 0.2) is 12.2 Å². The summed E-state index contributed by atoms with van der Waals surface area (Å²) in [5, 5.41) is 9.38. The molecule has 0 aromatic heterocycles. The Balaban J connectivity index is 1.44. The summed E-state index contributed by atoms with van der Waals surface area (Å²) in [7, 11) is 0. The van der Waals surface area contributed by atoms with Crippen LogP contribution in [0.1, 0.15) is 45.4 Å². The van der Waals surface area contributed by atoms with Gasteiger partial charge in [-0.25, -0.2) is 0 Å². The Morgan fingerprint density at radius 2 is 2.20 bits per heavy atom. The van der Waals surface area contributed by atoms with E-state index in [0.717, 1.165) is 32.7 Å². The maximum atomic E-state index is 9.38. The van der Waals surface area contributed by atoms with Crippen molar-refractivity contribution < 1.29 is 14.6 Å². The van der Waals surface area contributed by atoms with Crippen molar-refractivity contribution in [2.45, 2.75) is 51.6 Å². The molecule has 4 aliphatic rings. The molecule has 4 fully saturated rings. The highest BCUT2D eigenvalue weighted by Crippen LogP contribution is 2.58. The molecule has 2 heterocycles. The first kappa shape index (κ1) is 18.0. The molecule has 4 nitrogen and oxygen atoms in total. The molecule has 0 amide bonds. The smallest absolute Gasteiger partial charge is 0.147 e. The largest absolute Gasteiger partial charge is 0.396 e. The zero-order chi connectivity index (χ0) is 17.4. The maximum Gasteiger partial charge on any atom is 0.147 e. The minimum Gasteiger partial charge on any atom is -0.396 e. The van der Waals surface area contributed by atoms with Crippen molar-refractivity contribution in [3.8, 4) is 0 Å². The van der Waals surface area contributed by atoms with Gasteiger partial charge in [0.15, 0.2) is 0 Å². The first-order chi connectivity index (χ1) is 12.1. The van der Waals surface area contributed by atoms with E-state index in [0.29, 0.717) is 48.6 Å². The SMILES string of the molecule is C=C1CCC2C3COCOC3CCC2(C)C1CCN1CCC(CO)C1. The Labute approximate surface area is 152 Å². The van der Waals surface area contributed by atoms with Gasteiger partial charge in [-0.3, -0.25) is 0 Å². The van der Waals surface area contributed by atoms with Crippen LogP contribution in [0.4, 0.5) is 0 Å². The van der Waals surface area contributed by atoms with Crippen LogP contribution in [0.3, 0.4) is 0 Å². The average Bonchev–Trinajstić information content (AvgIpc) is 3.08. The summed E-state index contributed by atoms with van der Waals surface area (Å²) < 4.78 is 11.6. The fourth-order valence-electron chi connectivity index (χ4n) is 6.42. The summed E-state index contributed by atoms with van der Waals surface area (Å²) >= 11 is 0. The molecular formula is C21H35NO3. The van der Waals surface area contributed by atoms with Crippen molar-refractivity contribution in [1.82, 2.24) is 4.90 Å². The van der Waals surface area contributed by atoms with Crippen molar-refractivity contribution in [1.29, 1.82) is 0 Å². The van der Waals surface area contributed by atoms with Gasteiger partial charge < -0.3 is 19.5 Å². The predicted molar refractivity (Wildman–Crippen MR) is 98.1 cm³/mol. The summed E-state index contributed by atoms with van der Waals surface area (Å²) in [4.78, 5) is 2.56. The Hall–Kier alpha value is -0.420. The first-order valence-corrected chi connectivity index (χ1v) is 10.3. The lowest BCUT2D eigenvalue weighted by Gasteiger charge is -2.57. The van der Waals surface area contributed by atoms with E-state index >= 15 is 0 Å². The van der Waals surface area contributed by atoms with Gasteiger partial charge in [0, 0.05) is 19.1 Å². The van der Waals surface area contributed by atoms with Crippen molar-refractivity contribution in [2.75, 3.05) is 39.6 Å². The first-order valence-electron chi connectivity index (χ1n) is 10.3. The van der Waals surface area contributed by atoms with E-state index in [1.54, 1.807) is 0 Å². The highest BCUT2D eigenvalue weighted by Gasteiger charge is 2.53. The second-order valence-corrected chi connectivity index (χ2v) is 9.18. The summed E-state index contributed by atoms with van der Waals surface area (Å²) in [6.45, 7) is 12.1. The van der Waals surface area contributed by atoms with Crippen LogP contribution in [0.5, 0.6) is 0 Å². The van der Waals surface area contributed by atoms with Gasteiger partial charge in [0.1, 0.15) is 6.79 Å². The third kappa shape index (κ3) is 3.31. The molecule has 142 valence electrons. The van der Waals surface area contributed by atoms with Crippen LogP contribution < -0.4 is 0 Å². The van der Waals surface area contributed by atoms with Crippen molar-refractivity contribution in [3.63, 3.8) is 0 Å². The van der Waals surface area contributed by atoms with Crippen LogP contribution >= 0.6 is 0 Å². The molecule has 0 spiro atoms. The normalized spacial score (nSPS) is 45.2. The molecule has 0 bridgehead atoms. The fourth-order valence-corrected chi connectivity index (χ4v) is 6.42. The fraction of sp³-hybridized carbons (Fsp3) is 0.905. The third-order valence-corrected chi connectivity index (χ3v) is 7.91. The van der Waals surface area contributed by atoms with E-state index in [1.165, 1.54) is 37.7 Å². The monoisotopic (exact) mass is 349 g/mol. The maximum absolute atomic E-state index is 9.38. The molecule has 25 heavy (non-hydrogen) atoms. The Bertz CT molecular complexity index is 496. The minimum atomic E-state index is 0.343. The minimum absolute atomic E-state index is 0.343. The number of allylic oxidation sites excluding steroid dienone is 1. The molecule has 4 rings (SSSR count). The van der Waals surface area contributed by atoms with Crippen molar-refractivity contribution >= 4 is 0 Å². The lowest BCUT2D eigenvalue weighted by atomic mass is 9.50. The lowest BCUT2D eigenvalue weighted by molar-refractivity contribution is -0.218. The van der Waals surface area contributed by atoms with E-state index < -0.39 is 0 Å². The molecule has 2 saturated heterocycles. The predicted octanol–water partition coefficient (Wildman–Crippen LogP) is 3.06. The molecule has 4 heteroatoms. The quantitative estimate of drug-likeness (QED) is 0.792. The van der Waals surface area contributed by atoms with Gasteiger partial charge in [-0.15, -0.1) is 0 Å². The lowest BCUT2D eigenvalue weighted by Crippen LogP contribution is -2.54. The standard InChI is InChI=1S/C21H35NO3/c1-15-3-4-19-17-13-24-14-25-20(17)5-8-21(19,2)18(15)7-10-22-9-6-16(11-22)12-23/h16-20,23H,1,3-14H2,2H3. The number of likely N-dealkylation sites (tertiary alicyclic amines) is 1. The number of hydrogen-bond donors (Lipinski definition) is 1. The summed E-state index contributed by atoms with van der Waals surface area (Å²) in [5.41, 5.74) is 1.84. The second-order valence-electron chi connectivity index (χ2n) is 9.18. The topological polar surface area (TPSA) is 41.9 Å². The van der Waals surface area contributed by atoms with E-state index in [2.05, 4.69) is 18.4 Å². The molecule has 1 N–H and O–H groups in total. The number of aliphatic hydroxyl groups excluding tert-OH is 1. The van der Waals surface area contributed by atoms with Crippen molar-refractivity contribution in [2.24, 2.45) is 29.1 Å². The van der Waals surface area contributed by atoms with Gasteiger partial charge >= 0.3 is 0 Å². The number of aliphatic hydroxyl groups is 1. The van der Waals surface area contributed by atoms with Gasteiger partial charge in [0.25, 0.3) is 0 Å². The average molecular weight is 350 g/mol. The zero-order valence-electron chi connectivity index (χ0n) is 15.8. The molecule has 6 unspecified atom stereocenters. The number of rotatable bonds is 4. The highest BCUT2D eigenvalue weighted by molar-refractivity contribution is 5.15. The number of hydrogen-bond acceptors (Lipinski definition) is 4. The molecular weight excluding hydrogens is 314 g/mol. The zero-order valence-corrected chi connectivity index (χ0v) is 15.8. The Morgan fingerprint density at radius 1 is 1.32 bits per heavy atom. The van der Waals surface area contributed by atoms with E-state index in [1.807, 2.05) is 0 Å². The third-order valence-electron chi connectivity index (χ3n) is 7.91. The molecule has 0 aromatic rings. The Morgan fingerprint density at radius 3 is 3.00 bits per heavy atom. The highest BCUT2D eigenvalue weighted by atomic mass is 16.7. The van der Waals surface area contributed by atoms with Crippen LogP contribution in [0, 0.1) is 29.1 Å². The van der Waals surface area contributed by atoms with Gasteiger partial charge in [-0.05, 0) is 74.8 Å². The van der Waals surface area contributed by atoms with Crippen LogP contribution in [0.2, 0.25) is 0 Å². The van der Waals surface area contributed by atoms with Crippen LogP contribution in [-0.4, -0.2) is 55.8 Å². The molecule has 2 aliphatic heterocycles. The molecule has 6 atom stereocenters. The Kier molecular flexibility index (Phi) is 5.25. The van der Waals surface area contributed by atoms with E-state index in [9.17, 15) is 5.11 Å². The van der Waals surface area contributed by atoms with E-state index in [-0.39, 0.29) is 0 Å². The second kappa shape index (κ2) is 7.30. The molecule has 0 aromatic carbocycles. The van der Waals surface area contributed by atoms with Crippen LogP contribution in [-0.2, 0) is 9.47 Å². The van der Waals surface area contributed by atoms with Crippen LogP contribution in [0.25, 0.3) is 0 Å². The molecule has 0 radical (unpaired) electrons. The number of ether oxygens (including phenoxy) is 2. The summed E-state index contributed by atoms with van der Waals surface area (Å²) in [5.74, 6) is 2.41. The molecule has 2 saturated carbocycles. The summed E-state index contributed by atoms with van der Waals surface area (Å²) in [6, 6.07) is 0. The van der Waals surface area contributed by atoms with Gasteiger partial charge in [0.05, 0.1) is 12.7 Å².